The maximum atomic E-state index is 9.52. The van der Waals surface area contributed by atoms with Crippen molar-refractivity contribution in [1.82, 2.24) is 0 Å². The molecular formula is C14H25NO2. The fourth-order valence-corrected chi connectivity index (χ4v) is 2.66. The van der Waals surface area contributed by atoms with Gasteiger partial charge in [0.25, 0.3) is 0 Å². The van der Waals surface area contributed by atoms with Gasteiger partial charge in [0.15, 0.2) is 5.60 Å². The van der Waals surface area contributed by atoms with E-state index >= 15 is 0 Å². The summed E-state index contributed by atoms with van der Waals surface area (Å²) in [6.45, 7) is 10.1. The number of nitrogens with zero attached hydrogens (tertiary/aromatic N) is 1. The monoisotopic (exact) mass is 239 g/mol. The van der Waals surface area contributed by atoms with E-state index in [4.69, 9.17) is 4.74 Å². The summed E-state index contributed by atoms with van der Waals surface area (Å²) in [7, 11) is 0. The Balaban J connectivity index is 2.81. The Hall–Kier alpha value is -0.590. The molecule has 0 aromatic carbocycles. The van der Waals surface area contributed by atoms with Crippen LogP contribution in [0, 0.1) is 22.7 Å². The van der Waals surface area contributed by atoms with Crippen LogP contribution in [0.15, 0.2) is 0 Å². The van der Waals surface area contributed by atoms with Gasteiger partial charge in [0.1, 0.15) is 0 Å². The van der Waals surface area contributed by atoms with E-state index in [0.29, 0.717) is 0 Å². The number of nitriles is 1. The van der Waals surface area contributed by atoms with E-state index in [-0.39, 0.29) is 17.4 Å². The largest absolute Gasteiger partial charge is 0.391 e. The molecule has 3 nitrogen and oxygen atoms in total. The van der Waals surface area contributed by atoms with E-state index in [9.17, 15) is 10.4 Å². The average molecular weight is 239 g/mol. The standard InChI is InChI=1S/C14H25NO2/c1-10-8-13(4,5)6-7-14(10,9-15)17-12(3)11(2)16/h10-12,16H,6-8H2,1-5H3. The van der Waals surface area contributed by atoms with Gasteiger partial charge in [-0.05, 0) is 44.4 Å². The molecule has 0 amide bonds. The summed E-state index contributed by atoms with van der Waals surface area (Å²) in [6, 6.07) is 2.36. The minimum atomic E-state index is -0.716. The molecular weight excluding hydrogens is 214 g/mol. The molecule has 4 unspecified atom stereocenters. The summed E-state index contributed by atoms with van der Waals surface area (Å²) >= 11 is 0. The second kappa shape index (κ2) is 4.96. The third kappa shape index (κ3) is 3.20. The van der Waals surface area contributed by atoms with Crippen LogP contribution in [-0.2, 0) is 4.74 Å². The Morgan fingerprint density at radius 1 is 1.35 bits per heavy atom. The van der Waals surface area contributed by atoms with Crippen molar-refractivity contribution < 1.29 is 9.84 Å². The van der Waals surface area contributed by atoms with Crippen molar-refractivity contribution in [1.29, 1.82) is 5.26 Å². The molecule has 98 valence electrons. The first-order valence-corrected chi connectivity index (χ1v) is 6.49. The predicted octanol–water partition coefficient (Wildman–Crippen LogP) is 2.88. The molecule has 0 saturated heterocycles. The number of aliphatic hydroxyl groups is 1. The summed E-state index contributed by atoms with van der Waals surface area (Å²) in [5.74, 6) is 0.206. The van der Waals surface area contributed by atoms with E-state index in [1.165, 1.54) is 0 Å². The minimum Gasteiger partial charge on any atom is -0.391 e. The molecule has 1 N–H and O–H groups in total. The van der Waals surface area contributed by atoms with Gasteiger partial charge in [-0.2, -0.15) is 5.26 Å². The summed E-state index contributed by atoms with van der Waals surface area (Å²) in [6.07, 6.45) is 1.92. The Kier molecular flexibility index (Phi) is 4.22. The SMILES string of the molecule is CC(O)C(C)OC1(C#N)CCC(C)(C)CC1C. The molecule has 1 saturated carbocycles. The third-order valence-corrected chi connectivity index (χ3v) is 4.09. The minimum absolute atomic E-state index is 0.206. The molecule has 0 aromatic heterocycles. The molecule has 1 rings (SSSR count). The molecule has 3 heteroatoms. The topological polar surface area (TPSA) is 53.2 Å². The molecule has 0 aromatic rings. The van der Waals surface area contributed by atoms with Gasteiger partial charge in [0.05, 0.1) is 18.3 Å². The predicted molar refractivity (Wildman–Crippen MR) is 67.4 cm³/mol. The number of hydrogen-bond acceptors (Lipinski definition) is 3. The lowest BCUT2D eigenvalue weighted by atomic mass is 9.66. The lowest BCUT2D eigenvalue weighted by Gasteiger charge is -2.45. The smallest absolute Gasteiger partial charge is 0.157 e. The normalized spacial score (nSPS) is 35.9. The van der Waals surface area contributed by atoms with Crippen molar-refractivity contribution in [2.45, 2.75) is 71.7 Å². The number of rotatable bonds is 3. The Labute approximate surface area is 105 Å². The van der Waals surface area contributed by atoms with E-state index in [0.717, 1.165) is 19.3 Å². The van der Waals surface area contributed by atoms with Crippen LogP contribution in [0.5, 0.6) is 0 Å². The number of hydrogen-bond donors (Lipinski definition) is 1. The maximum Gasteiger partial charge on any atom is 0.157 e. The lowest BCUT2D eigenvalue weighted by molar-refractivity contribution is -0.143. The average Bonchev–Trinajstić information content (AvgIpc) is 2.21. The van der Waals surface area contributed by atoms with Gasteiger partial charge in [-0.25, -0.2) is 0 Å². The summed E-state index contributed by atoms with van der Waals surface area (Å²) in [5.41, 5.74) is -0.427. The quantitative estimate of drug-likeness (QED) is 0.824. The highest BCUT2D eigenvalue weighted by Crippen LogP contribution is 2.45. The van der Waals surface area contributed by atoms with Gasteiger partial charge in [0, 0.05) is 0 Å². The van der Waals surface area contributed by atoms with Crippen LogP contribution in [0.2, 0.25) is 0 Å². The molecule has 0 heterocycles. The van der Waals surface area contributed by atoms with Crippen molar-refractivity contribution in [2.75, 3.05) is 0 Å². The second-order valence-electron chi connectivity index (χ2n) is 6.33. The van der Waals surface area contributed by atoms with Crippen LogP contribution >= 0.6 is 0 Å². The van der Waals surface area contributed by atoms with Crippen LogP contribution in [-0.4, -0.2) is 22.9 Å². The highest BCUT2D eigenvalue weighted by Gasteiger charge is 2.46. The third-order valence-electron chi connectivity index (χ3n) is 4.09. The van der Waals surface area contributed by atoms with Crippen LogP contribution in [0.1, 0.15) is 53.9 Å². The lowest BCUT2D eigenvalue weighted by Crippen LogP contribution is -2.48. The number of aliphatic hydroxyl groups excluding tert-OH is 1. The van der Waals surface area contributed by atoms with Gasteiger partial charge in [-0.1, -0.05) is 20.8 Å². The first kappa shape index (κ1) is 14.5. The van der Waals surface area contributed by atoms with Crippen LogP contribution < -0.4 is 0 Å². The fraction of sp³-hybridized carbons (Fsp3) is 0.929. The Bertz CT molecular complexity index is 306. The molecule has 1 aliphatic carbocycles. The zero-order valence-corrected chi connectivity index (χ0v) is 11.7. The second-order valence-corrected chi connectivity index (χ2v) is 6.33. The molecule has 0 aliphatic heterocycles. The molecule has 0 bridgehead atoms. The summed E-state index contributed by atoms with van der Waals surface area (Å²) in [4.78, 5) is 0. The molecule has 1 aliphatic rings. The van der Waals surface area contributed by atoms with Crippen molar-refractivity contribution >= 4 is 0 Å². The van der Waals surface area contributed by atoms with E-state index in [1.54, 1.807) is 6.92 Å². The van der Waals surface area contributed by atoms with Crippen molar-refractivity contribution in [3.63, 3.8) is 0 Å². The van der Waals surface area contributed by atoms with Gasteiger partial charge in [-0.15, -0.1) is 0 Å². The zero-order valence-electron chi connectivity index (χ0n) is 11.7. The van der Waals surface area contributed by atoms with Crippen LogP contribution in [0.3, 0.4) is 0 Å². The van der Waals surface area contributed by atoms with Crippen LogP contribution in [0.25, 0.3) is 0 Å². The van der Waals surface area contributed by atoms with E-state index < -0.39 is 11.7 Å². The van der Waals surface area contributed by atoms with Crippen molar-refractivity contribution in [2.24, 2.45) is 11.3 Å². The van der Waals surface area contributed by atoms with Gasteiger partial charge >= 0.3 is 0 Å². The molecule has 0 spiro atoms. The van der Waals surface area contributed by atoms with Crippen LogP contribution in [0.4, 0.5) is 0 Å². The van der Waals surface area contributed by atoms with Gasteiger partial charge in [-0.3, -0.25) is 0 Å². The highest BCUT2D eigenvalue weighted by atomic mass is 16.5. The van der Waals surface area contributed by atoms with Gasteiger partial charge in [0.2, 0.25) is 0 Å². The van der Waals surface area contributed by atoms with Crippen molar-refractivity contribution in [3.05, 3.63) is 0 Å². The summed E-state index contributed by atoms with van der Waals surface area (Å²) < 4.78 is 5.88. The van der Waals surface area contributed by atoms with E-state index in [2.05, 4.69) is 26.8 Å². The Morgan fingerprint density at radius 3 is 2.35 bits per heavy atom. The zero-order chi connectivity index (χ0) is 13.3. The molecule has 0 radical (unpaired) electrons. The summed E-state index contributed by atoms with van der Waals surface area (Å²) in [5, 5.41) is 19.0. The molecule has 4 atom stereocenters. The number of ether oxygens (including phenoxy) is 1. The Morgan fingerprint density at radius 2 is 1.94 bits per heavy atom. The van der Waals surface area contributed by atoms with Gasteiger partial charge < -0.3 is 9.84 Å². The maximum absolute atomic E-state index is 9.52. The van der Waals surface area contributed by atoms with E-state index in [1.807, 2.05) is 6.92 Å². The highest BCUT2D eigenvalue weighted by molar-refractivity contribution is 5.09. The molecule has 17 heavy (non-hydrogen) atoms. The first-order chi connectivity index (χ1) is 7.72. The first-order valence-electron chi connectivity index (χ1n) is 6.49. The van der Waals surface area contributed by atoms with Crippen molar-refractivity contribution in [3.8, 4) is 6.07 Å². The molecule has 1 fully saturated rings. The fourth-order valence-electron chi connectivity index (χ4n) is 2.66.